The third-order valence-electron chi connectivity index (χ3n) is 1.56. The molecule has 5 nitrogen and oxygen atoms in total. The SMILES string of the molecule is CC(C)/C=C/NC(=O)NCCCNC=O. The minimum atomic E-state index is -0.224. The van der Waals surface area contributed by atoms with Gasteiger partial charge < -0.3 is 16.0 Å². The van der Waals surface area contributed by atoms with E-state index in [0.717, 1.165) is 6.42 Å². The van der Waals surface area contributed by atoms with Crippen LogP contribution in [0.1, 0.15) is 20.3 Å². The van der Waals surface area contributed by atoms with E-state index in [1.807, 2.05) is 19.9 Å². The maximum Gasteiger partial charge on any atom is 0.318 e. The summed E-state index contributed by atoms with van der Waals surface area (Å²) in [4.78, 5) is 21.0. The van der Waals surface area contributed by atoms with Crippen molar-refractivity contribution >= 4 is 12.4 Å². The molecule has 0 unspecified atom stereocenters. The molecule has 15 heavy (non-hydrogen) atoms. The summed E-state index contributed by atoms with van der Waals surface area (Å²) in [5.41, 5.74) is 0. The van der Waals surface area contributed by atoms with Crippen LogP contribution in [0.3, 0.4) is 0 Å². The topological polar surface area (TPSA) is 70.2 Å². The number of rotatable bonds is 7. The number of amides is 3. The van der Waals surface area contributed by atoms with E-state index < -0.39 is 0 Å². The van der Waals surface area contributed by atoms with Gasteiger partial charge in [-0.15, -0.1) is 0 Å². The molecule has 0 saturated carbocycles. The van der Waals surface area contributed by atoms with Crippen molar-refractivity contribution in [3.63, 3.8) is 0 Å². The quantitative estimate of drug-likeness (QED) is 0.428. The molecule has 0 aromatic rings. The van der Waals surface area contributed by atoms with E-state index in [0.29, 0.717) is 25.4 Å². The summed E-state index contributed by atoms with van der Waals surface area (Å²) in [6, 6.07) is -0.224. The Morgan fingerprint density at radius 2 is 2.07 bits per heavy atom. The Balaban J connectivity index is 3.37. The second-order valence-electron chi connectivity index (χ2n) is 3.43. The summed E-state index contributed by atoms with van der Waals surface area (Å²) in [7, 11) is 0. The Hall–Kier alpha value is -1.52. The van der Waals surface area contributed by atoms with Crippen molar-refractivity contribution in [3.05, 3.63) is 12.3 Å². The molecule has 0 radical (unpaired) electrons. The Labute approximate surface area is 90.3 Å². The van der Waals surface area contributed by atoms with Crippen LogP contribution in [0.2, 0.25) is 0 Å². The molecule has 86 valence electrons. The van der Waals surface area contributed by atoms with E-state index in [1.54, 1.807) is 6.20 Å². The van der Waals surface area contributed by atoms with Crippen LogP contribution in [0.5, 0.6) is 0 Å². The van der Waals surface area contributed by atoms with Crippen LogP contribution in [0.15, 0.2) is 12.3 Å². The van der Waals surface area contributed by atoms with Gasteiger partial charge in [-0.25, -0.2) is 4.79 Å². The maximum atomic E-state index is 11.1. The zero-order valence-electron chi connectivity index (χ0n) is 9.25. The van der Waals surface area contributed by atoms with Crippen molar-refractivity contribution in [1.82, 2.24) is 16.0 Å². The molecule has 0 aromatic carbocycles. The second kappa shape index (κ2) is 9.05. The monoisotopic (exact) mass is 213 g/mol. The summed E-state index contributed by atoms with van der Waals surface area (Å²) in [6.07, 6.45) is 4.89. The molecule has 0 bridgehead atoms. The highest BCUT2D eigenvalue weighted by Gasteiger charge is 1.95. The molecule has 0 fully saturated rings. The summed E-state index contributed by atoms with van der Waals surface area (Å²) in [5, 5.41) is 7.76. The maximum absolute atomic E-state index is 11.1. The molecule has 0 rings (SSSR count). The molecule has 0 aliphatic carbocycles. The van der Waals surface area contributed by atoms with Crippen LogP contribution in [0, 0.1) is 5.92 Å². The Bertz CT molecular complexity index is 215. The minimum Gasteiger partial charge on any atom is -0.359 e. The number of nitrogens with one attached hydrogen (secondary N) is 3. The molecule has 0 heterocycles. The number of allylic oxidation sites excluding steroid dienone is 1. The smallest absolute Gasteiger partial charge is 0.318 e. The normalized spacial score (nSPS) is 10.3. The van der Waals surface area contributed by atoms with Crippen molar-refractivity contribution in [2.45, 2.75) is 20.3 Å². The highest BCUT2D eigenvalue weighted by atomic mass is 16.2. The van der Waals surface area contributed by atoms with Gasteiger partial charge >= 0.3 is 6.03 Å². The average molecular weight is 213 g/mol. The summed E-state index contributed by atoms with van der Waals surface area (Å²) < 4.78 is 0. The van der Waals surface area contributed by atoms with Crippen molar-refractivity contribution in [2.24, 2.45) is 5.92 Å². The van der Waals surface area contributed by atoms with Gasteiger partial charge in [0.15, 0.2) is 0 Å². The number of hydrogen-bond acceptors (Lipinski definition) is 2. The lowest BCUT2D eigenvalue weighted by Crippen LogP contribution is -2.33. The Kier molecular flexibility index (Phi) is 8.13. The first-order chi connectivity index (χ1) is 7.16. The van der Waals surface area contributed by atoms with Gasteiger partial charge in [0.25, 0.3) is 0 Å². The lowest BCUT2D eigenvalue weighted by molar-refractivity contribution is -0.109. The van der Waals surface area contributed by atoms with Gasteiger partial charge in [-0.3, -0.25) is 4.79 Å². The van der Waals surface area contributed by atoms with Gasteiger partial charge in [-0.2, -0.15) is 0 Å². The minimum absolute atomic E-state index is 0.224. The van der Waals surface area contributed by atoms with Crippen molar-refractivity contribution < 1.29 is 9.59 Å². The number of hydrogen-bond donors (Lipinski definition) is 3. The van der Waals surface area contributed by atoms with Gasteiger partial charge in [-0.1, -0.05) is 19.9 Å². The van der Waals surface area contributed by atoms with E-state index in [9.17, 15) is 9.59 Å². The molecule has 0 saturated heterocycles. The third-order valence-corrected chi connectivity index (χ3v) is 1.56. The molecule has 3 amide bonds. The Morgan fingerprint density at radius 3 is 2.67 bits per heavy atom. The van der Waals surface area contributed by atoms with Crippen molar-refractivity contribution in [3.8, 4) is 0 Å². The van der Waals surface area contributed by atoms with E-state index in [1.165, 1.54) is 0 Å². The van der Waals surface area contributed by atoms with Crippen LogP contribution >= 0.6 is 0 Å². The van der Waals surface area contributed by atoms with Crippen LogP contribution < -0.4 is 16.0 Å². The van der Waals surface area contributed by atoms with Crippen LogP contribution in [0.25, 0.3) is 0 Å². The predicted octanol–water partition coefficient (Wildman–Crippen LogP) is 0.591. The zero-order chi connectivity index (χ0) is 11.5. The first-order valence-electron chi connectivity index (χ1n) is 5.05. The largest absolute Gasteiger partial charge is 0.359 e. The molecular weight excluding hydrogens is 194 g/mol. The number of urea groups is 1. The van der Waals surface area contributed by atoms with Crippen LogP contribution in [-0.2, 0) is 4.79 Å². The lowest BCUT2D eigenvalue weighted by atomic mass is 10.2. The van der Waals surface area contributed by atoms with Gasteiger partial charge in [0.05, 0.1) is 0 Å². The van der Waals surface area contributed by atoms with Crippen LogP contribution in [-0.4, -0.2) is 25.5 Å². The van der Waals surface area contributed by atoms with E-state index in [4.69, 9.17) is 0 Å². The van der Waals surface area contributed by atoms with Gasteiger partial charge in [0.2, 0.25) is 6.41 Å². The van der Waals surface area contributed by atoms with Crippen molar-refractivity contribution in [1.29, 1.82) is 0 Å². The molecule has 0 aliphatic heterocycles. The zero-order valence-corrected chi connectivity index (χ0v) is 9.25. The molecule has 0 spiro atoms. The van der Waals surface area contributed by atoms with E-state index in [-0.39, 0.29) is 6.03 Å². The predicted molar refractivity (Wildman–Crippen MR) is 59.2 cm³/mol. The fourth-order valence-corrected chi connectivity index (χ4v) is 0.819. The standard InChI is InChI=1S/C10H19N3O2/c1-9(2)4-7-13-10(15)12-6-3-5-11-8-14/h4,7-9H,3,5-6H2,1-2H3,(H,11,14)(H2,12,13,15)/b7-4+. The highest BCUT2D eigenvalue weighted by molar-refractivity contribution is 5.74. The van der Waals surface area contributed by atoms with Gasteiger partial charge in [0, 0.05) is 19.3 Å². The van der Waals surface area contributed by atoms with E-state index in [2.05, 4.69) is 16.0 Å². The highest BCUT2D eigenvalue weighted by Crippen LogP contribution is 1.90. The summed E-state index contributed by atoms with van der Waals surface area (Å²) in [5.74, 6) is 0.419. The van der Waals surface area contributed by atoms with Crippen molar-refractivity contribution in [2.75, 3.05) is 13.1 Å². The fraction of sp³-hybridized carbons (Fsp3) is 0.600. The fourth-order valence-electron chi connectivity index (χ4n) is 0.819. The molecule has 5 heteroatoms. The first-order valence-corrected chi connectivity index (χ1v) is 5.05. The molecule has 3 N–H and O–H groups in total. The van der Waals surface area contributed by atoms with Gasteiger partial charge in [-0.05, 0) is 12.3 Å². The van der Waals surface area contributed by atoms with Crippen LogP contribution in [0.4, 0.5) is 4.79 Å². The second-order valence-corrected chi connectivity index (χ2v) is 3.43. The average Bonchev–Trinajstić information content (AvgIpc) is 2.17. The lowest BCUT2D eigenvalue weighted by Gasteiger charge is -2.04. The number of carbonyl (C=O) groups is 2. The van der Waals surface area contributed by atoms with E-state index >= 15 is 0 Å². The summed E-state index contributed by atoms with van der Waals surface area (Å²) >= 11 is 0. The number of carbonyl (C=O) groups excluding carboxylic acids is 2. The Morgan fingerprint density at radius 1 is 1.33 bits per heavy atom. The summed E-state index contributed by atoms with van der Waals surface area (Å²) in [6.45, 7) is 5.18. The van der Waals surface area contributed by atoms with Gasteiger partial charge in [0.1, 0.15) is 0 Å². The molecule has 0 aromatic heterocycles. The molecular formula is C10H19N3O2. The first kappa shape index (κ1) is 13.5. The third kappa shape index (κ3) is 10.4. The molecule has 0 atom stereocenters. The molecule has 0 aliphatic rings.